The van der Waals surface area contributed by atoms with Gasteiger partial charge in [0, 0.05) is 0 Å². The SMILES string of the molecule is [Co+2].[Co+2].[Ni+2].[O-]O[O-].[O-]O[O-].[O-]O[O-]. The molecule has 0 aliphatic carbocycles. The predicted molar refractivity (Wildman–Crippen MR) is 3.25 cm³/mol. The largest absolute Gasteiger partial charge is 2.00 e. The van der Waals surface area contributed by atoms with Gasteiger partial charge in [0.25, 0.3) is 0 Å². The van der Waals surface area contributed by atoms with Gasteiger partial charge in [0.05, 0.1) is 0 Å². The molecule has 12 heavy (non-hydrogen) atoms. The van der Waals surface area contributed by atoms with E-state index in [1.807, 2.05) is 0 Å². The van der Waals surface area contributed by atoms with Crippen molar-refractivity contribution in [1.82, 2.24) is 0 Å². The first-order valence-corrected chi connectivity index (χ1v) is 1.00. The van der Waals surface area contributed by atoms with E-state index in [-0.39, 0.29) is 50.0 Å². The van der Waals surface area contributed by atoms with Crippen molar-refractivity contribution >= 4 is 0 Å². The van der Waals surface area contributed by atoms with Crippen molar-refractivity contribution in [2.24, 2.45) is 0 Å². The van der Waals surface area contributed by atoms with Gasteiger partial charge >= 0.3 is 50.0 Å². The summed E-state index contributed by atoms with van der Waals surface area (Å²) >= 11 is 0. The summed E-state index contributed by atoms with van der Waals surface area (Å²) in [6.07, 6.45) is 0. The second-order valence-electron chi connectivity index (χ2n) is 0.204. The molecule has 0 unspecified atom stereocenters. The van der Waals surface area contributed by atoms with Crippen LogP contribution in [0.2, 0.25) is 0 Å². The first-order valence-electron chi connectivity index (χ1n) is 1.00. The Bertz CT molecular complexity index is 17.2. The minimum absolute atomic E-state index is 0. The maximum absolute atomic E-state index is 7.88. The zero-order valence-corrected chi connectivity index (χ0v) is 7.73. The molecule has 0 N–H and O–H groups in total. The van der Waals surface area contributed by atoms with Crippen molar-refractivity contribution in [3.8, 4) is 0 Å². The van der Waals surface area contributed by atoms with E-state index >= 15 is 0 Å². The molecule has 82 valence electrons. The molecule has 12 heteroatoms. The van der Waals surface area contributed by atoms with Gasteiger partial charge in [0.15, 0.2) is 0 Å². The third kappa shape index (κ3) is 873. The summed E-state index contributed by atoms with van der Waals surface area (Å²) in [5.74, 6) is 0. The molecule has 0 spiro atoms. The van der Waals surface area contributed by atoms with Crippen LogP contribution in [0.1, 0.15) is 0 Å². The van der Waals surface area contributed by atoms with E-state index in [9.17, 15) is 0 Å². The van der Waals surface area contributed by atoms with E-state index in [2.05, 4.69) is 0 Å². The molecular weight excluding hydrogens is 321 g/mol. The summed E-state index contributed by atoms with van der Waals surface area (Å²) in [7, 11) is 0. The van der Waals surface area contributed by atoms with Crippen LogP contribution in [0.25, 0.3) is 0 Å². The van der Waals surface area contributed by atoms with Gasteiger partial charge in [-0.2, -0.15) is 0 Å². The van der Waals surface area contributed by atoms with Gasteiger partial charge in [-0.25, -0.2) is 0 Å². The van der Waals surface area contributed by atoms with E-state index in [4.69, 9.17) is 31.5 Å². The molecule has 0 aromatic heterocycles. The van der Waals surface area contributed by atoms with Gasteiger partial charge in [-0.1, -0.05) is 0 Å². The molecule has 0 atom stereocenters. The molecule has 0 aliphatic rings. The fourth-order valence-corrected chi connectivity index (χ4v) is 0. The predicted octanol–water partition coefficient (Wildman–Crippen LogP) is -7.35. The van der Waals surface area contributed by atoms with Crippen LogP contribution >= 0.6 is 0 Å². The van der Waals surface area contributed by atoms with Crippen molar-refractivity contribution < 1.29 is 96.7 Å². The van der Waals surface area contributed by atoms with Crippen LogP contribution < -0.4 is 31.5 Å². The summed E-state index contributed by atoms with van der Waals surface area (Å²) < 4.78 is 0. The molecule has 0 saturated carbocycles. The van der Waals surface area contributed by atoms with Crippen LogP contribution in [0.5, 0.6) is 0 Å². The van der Waals surface area contributed by atoms with E-state index in [1.165, 1.54) is 0 Å². The third-order valence-corrected chi connectivity index (χ3v) is 0. The Morgan fingerprint density at radius 2 is 0.500 bits per heavy atom. The Labute approximate surface area is 96.8 Å². The molecule has 0 amide bonds. The second-order valence-corrected chi connectivity index (χ2v) is 0.204. The van der Waals surface area contributed by atoms with E-state index in [0.717, 1.165) is 0 Å². The van der Waals surface area contributed by atoms with Crippen LogP contribution in [-0.4, -0.2) is 0 Å². The molecule has 0 bridgehead atoms. The van der Waals surface area contributed by atoms with Gasteiger partial charge in [-0.05, 0) is 0 Å². The Morgan fingerprint density at radius 3 is 0.500 bits per heavy atom. The second kappa shape index (κ2) is 87.8. The summed E-state index contributed by atoms with van der Waals surface area (Å²) in [6, 6.07) is 0. The summed E-state index contributed by atoms with van der Waals surface area (Å²) in [6.45, 7) is 0. The Morgan fingerprint density at radius 1 is 0.500 bits per heavy atom. The molecule has 0 aromatic rings. The maximum atomic E-state index is 7.88. The topological polar surface area (TPSA) is 166 Å². The van der Waals surface area contributed by atoms with Crippen LogP contribution in [0.15, 0.2) is 0 Å². The monoisotopic (exact) mass is 320 g/mol. The smallest absolute Gasteiger partial charge is 0.734 e. The Balaban J connectivity index is -0.00000001000. The van der Waals surface area contributed by atoms with Gasteiger partial charge in [0.1, 0.15) is 0 Å². The van der Waals surface area contributed by atoms with Crippen LogP contribution in [0.3, 0.4) is 0 Å². The summed E-state index contributed by atoms with van der Waals surface area (Å²) in [4.78, 5) is 0. The van der Waals surface area contributed by atoms with Gasteiger partial charge in [-0.3, -0.25) is 0 Å². The molecule has 2 radical (unpaired) electrons. The number of hydrogen-bond donors (Lipinski definition) is 0. The minimum atomic E-state index is 0. The molecule has 0 fully saturated rings. The third-order valence-electron chi connectivity index (χ3n) is 0. The average molecular weight is 321 g/mol. The normalized spacial score (nSPS) is 4.50. The van der Waals surface area contributed by atoms with Crippen molar-refractivity contribution in [1.29, 1.82) is 0 Å². The van der Waals surface area contributed by atoms with E-state index < -0.39 is 0 Å². The summed E-state index contributed by atoms with van der Waals surface area (Å²) in [5, 5.41) is 52.5. The molecule has 0 aromatic carbocycles. The Hall–Kier alpha value is 1.15. The molecular formula is Co2NiO9. The molecule has 0 aliphatic heterocycles. The number of rotatable bonds is 0. The first kappa shape index (κ1) is 38.0. The van der Waals surface area contributed by atoms with Gasteiger partial charge < -0.3 is 46.7 Å². The van der Waals surface area contributed by atoms with Crippen molar-refractivity contribution in [3.05, 3.63) is 0 Å². The van der Waals surface area contributed by atoms with Crippen LogP contribution in [0.4, 0.5) is 0 Å². The molecule has 0 rings (SSSR count). The van der Waals surface area contributed by atoms with Crippen LogP contribution in [-0.2, 0) is 65.2 Å². The van der Waals surface area contributed by atoms with E-state index in [1.54, 1.807) is 15.1 Å². The standard InChI is InChI=1S/2Co.Ni.3H2O3/c;;;3*1-3-2/h;;;3*1-2H/q3*+2;;;/p-6. The molecule has 9 nitrogen and oxygen atoms in total. The number of hydrogen-bond acceptors (Lipinski definition) is 9. The van der Waals surface area contributed by atoms with Crippen molar-refractivity contribution in [2.75, 3.05) is 0 Å². The quantitative estimate of drug-likeness (QED) is 0.239. The van der Waals surface area contributed by atoms with Gasteiger partial charge in [-0.15, -0.1) is 0 Å². The summed E-state index contributed by atoms with van der Waals surface area (Å²) in [5.41, 5.74) is 0. The Kier molecular flexibility index (Phi) is 278. The van der Waals surface area contributed by atoms with Crippen molar-refractivity contribution in [2.45, 2.75) is 0 Å². The average Bonchev–Trinajstić information content (AvgIpc) is 1.70. The minimum Gasteiger partial charge on any atom is -0.734 e. The fourth-order valence-electron chi connectivity index (χ4n) is 0. The van der Waals surface area contributed by atoms with E-state index in [0.29, 0.717) is 0 Å². The maximum Gasteiger partial charge on any atom is 2.00 e. The first-order chi connectivity index (χ1) is 4.24. The fraction of sp³-hybridized carbons (Fsp3) is 0. The molecule has 0 saturated heterocycles. The zero-order chi connectivity index (χ0) is 8.12. The molecule has 0 heterocycles. The van der Waals surface area contributed by atoms with Crippen molar-refractivity contribution in [3.63, 3.8) is 0 Å². The van der Waals surface area contributed by atoms with Crippen LogP contribution in [0, 0.1) is 0 Å². The zero-order valence-electron chi connectivity index (χ0n) is 4.66. The van der Waals surface area contributed by atoms with Gasteiger partial charge in [0.2, 0.25) is 0 Å².